The SMILES string of the molecule is Cc1c[nH]c2ncnc(Oc3ccc(C[C@H](N)C(=O)N4CCN(C)CC4)cc3F)c12. The van der Waals surface area contributed by atoms with Crippen LogP contribution in [0.5, 0.6) is 11.6 Å². The highest BCUT2D eigenvalue weighted by molar-refractivity contribution is 5.84. The Labute approximate surface area is 173 Å². The molecule has 8 nitrogen and oxygen atoms in total. The number of halogens is 1. The number of amides is 1. The number of aryl methyl sites for hydroxylation is 1. The van der Waals surface area contributed by atoms with Crippen LogP contribution in [0.4, 0.5) is 4.39 Å². The van der Waals surface area contributed by atoms with E-state index in [9.17, 15) is 9.18 Å². The third-order valence-electron chi connectivity index (χ3n) is 5.42. The fourth-order valence-corrected chi connectivity index (χ4v) is 3.62. The van der Waals surface area contributed by atoms with Crippen LogP contribution in [0, 0.1) is 12.7 Å². The van der Waals surface area contributed by atoms with Gasteiger partial charge in [-0.1, -0.05) is 6.07 Å². The molecule has 0 saturated carbocycles. The van der Waals surface area contributed by atoms with Gasteiger partial charge in [-0.05, 0) is 43.7 Å². The zero-order valence-electron chi connectivity index (χ0n) is 17.1. The first kappa shape index (κ1) is 20.2. The number of aromatic nitrogens is 3. The van der Waals surface area contributed by atoms with Gasteiger partial charge in [0.05, 0.1) is 11.4 Å². The van der Waals surface area contributed by atoms with Crippen LogP contribution in [-0.2, 0) is 11.2 Å². The molecule has 3 heterocycles. The Morgan fingerprint density at radius 3 is 2.80 bits per heavy atom. The number of carbonyl (C=O) groups excluding carboxylic acids is 1. The number of aromatic amines is 1. The second kappa shape index (κ2) is 8.37. The summed E-state index contributed by atoms with van der Waals surface area (Å²) in [5.41, 5.74) is 8.29. The van der Waals surface area contributed by atoms with Gasteiger partial charge in [0.15, 0.2) is 11.6 Å². The number of benzene rings is 1. The molecule has 1 saturated heterocycles. The molecule has 1 fully saturated rings. The van der Waals surface area contributed by atoms with Gasteiger partial charge >= 0.3 is 0 Å². The summed E-state index contributed by atoms with van der Waals surface area (Å²) in [6.07, 6.45) is 3.42. The molecule has 9 heteroatoms. The summed E-state index contributed by atoms with van der Waals surface area (Å²) in [7, 11) is 2.03. The lowest BCUT2D eigenvalue weighted by Crippen LogP contribution is -2.52. The molecular formula is C21H25FN6O2. The summed E-state index contributed by atoms with van der Waals surface area (Å²) in [5.74, 6) is -0.299. The Kier molecular flexibility index (Phi) is 5.65. The molecule has 2 aromatic heterocycles. The Morgan fingerprint density at radius 2 is 2.07 bits per heavy atom. The minimum absolute atomic E-state index is 0.0540. The average molecular weight is 412 g/mol. The molecule has 1 aliphatic rings. The molecule has 1 aliphatic heterocycles. The van der Waals surface area contributed by atoms with Crippen molar-refractivity contribution in [2.24, 2.45) is 5.73 Å². The van der Waals surface area contributed by atoms with Crippen molar-refractivity contribution in [2.75, 3.05) is 33.2 Å². The standard InChI is InChI=1S/C21H25FN6O2/c1-13-11-24-19-18(13)20(26-12-25-19)30-17-4-3-14(9-15(17)22)10-16(23)21(29)28-7-5-27(2)6-8-28/h3-4,9,11-12,16H,5-8,10,23H2,1-2H3,(H,24,25,26)/t16-/m0/s1. The smallest absolute Gasteiger partial charge is 0.239 e. The van der Waals surface area contributed by atoms with E-state index in [1.54, 1.807) is 17.2 Å². The van der Waals surface area contributed by atoms with Crippen LogP contribution in [0.25, 0.3) is 11.0 Å². The van der Waals surface area contributed by atoms with Crippen molar-refractivity contribution in [2.45, 2.75) is 19.4 Å². The number of nitrogens with one attached hydrogen (secondary N) is 1. The van der Waals surface area contributed by atoms with Crippen molar-refractivity contribution in [3.05, 3.63) is 47.7 Å². The third-order valence-corrected chi connectivity index (χ3v) is 5.42. The Hall–Kier alpha value is -3.04. The summed E-state index contributed by atoms with van der Waals surface area (Å²) < 4.78 is 20.4. The molecule has 1 atom stereocenters. The van der Waals surface area contributed by atoms with Gasteiger partial charge in [-0.2, -0.15) is 0 Å². The van der Waals surface area contributed by atoms with Crippen LogP contribution in [0.1, 0.15) is 11.1 Å². The monoisotopic (exact) mass is 412 g/mol. The molecule has 0 unspecified atom stereocenters. The van der Waals surface area contributed by atoms with Gasteiger partial charge in [0.2, 0.25) is 11.8 Å². The van der Waals surface area contributed by atoms with Crippen molar-refractivity contribution in [3.8, 4) is 11.6 Å². The molecule has 0 aliphatic carbocycles. The quantitative estimate of drug-likeness (QED) is 0.663. The van der Waals surface area contributed by atoms with E-state index >= 15 is 0 Å². The summed E-state index contributed by atoms with van der Waals surface area (Å²) in [5, 5.41) is 0.709. The average Bonchev–Trinajstić information content (AvgIpc) is 3.12. The maximum absolute atomic E-state index is 14.7. The summed E-state index contributed by atoms with van der Waals surface area (Å²) in [6, 6.07) is 3.91. The van der Waals surface area contributed by atoms with Crippen molar-refractivity contribution in [3.63, 3.8) is 0 Å². The molecular weight excluding hydrogens is 387 g/mol. The van der Waals surface area contributed by atoms with Crippen molar-refractivity contribution < 1.29 is 13.9 Å². The molecule has 1 amide bonds. The Morgan fingerprint density at radius 1 is 1.30 bits per heavy atom. The van der Waals surface area contributed by atoms with Crippen LogP contribution >= 0.6 is 0 Å². The number of piperazine rings is 1. The van der Waals surface area contributed by atoms with Crippen LogP contribution in [0.3, 0.4) is 0 Å². The number of fused-ring (bicyclic) bond motifs is 1. The number of hydrogen-bond donors (Lipinski definition) is 2. The molecule has 0 bridgehead atoms. The Bertz CT molecular complexity index is 1060. The van der Waals surface area contributed by atoms with E-state index in [4.69, 9.17) is 10.5 Å². The lowest BCUT2D eigenvalue weighted by atomic mass is 10.0. The van der Waals surface area contributed by atoms with Gasteiger partial charge in [0.1, 0.15) is 12.0 Å². The fourth-order valence-electron chi connectivity index (χ4n) is 3.62. The molecule has 30 heavy (non-hydrogen) atoms. The zero-order chi connectivity index (χ0) is 21.3. The van der Waals surface area contributed by atoms with E-state index in [1.165, 1.54) is 18.5 Å². The van der Waals surface area contributed by atoms with E-state index in [-0.39, 0.29) is 24.0 Å². The topological polar surface area (TPSA) is 100 Å². The minimum Gasteiger partial charge on any atom is -0.435 e. The van der Waals surface area contributed by atoms with E-state index < -0.39 is 11.9 Å². The fraction of sp³-hybridized carbons (Fsp3) is 0.381. The van der Waals surface area contributed by atoms with Crippen molar-refractivity contribution in [1.82, 2.24) is 24.8 Å². The minimum atomic E-state index is -0.705. The first-order chi connectivity index (χ1) is 14.4. The van der Waals surface area contributed by atoms with E-state index in [0.29, 0.717) is 29.7 Å². The van der Waals surface area contributed by atoms with Crippen LogP contribution in [-0.4, -0.2) is 69.9 Å². The predicted molar refractivity (Wildman–Crippen MR) is 111 cm³/mol. The lowest BCUT2D eigenvalue weighted by molar-refractivity contribution is -0.134. The largest absolute Gasteiger partial charge is 0.435 e. The van der Waals surface area contributed by atoms with Gasteiger partial charge in [0.25, 0.3) is 0 Å². The van der Waals surface area contributed by atoms with Gasteiger partial charge in [-0.15, -0.1) is 0 Å². The first-order valence-corrected chi connectivity index (χ1v) is 9.90. The first-order valence-electron chi connectivity index (χ1n) is 9.90. The number of rotatable bonds is 5. The number of H-pyrrole nitrogens is 1. The lowest BCUT2D eigenvalue weighted by Gasteiger charge is -2.33. The normalized spacial score (nSPS) is 16.1. The van der Waals surface area contributed by atoms with Gasteiger partial charge in [0, 0.05) is 32.4 Å². The zero-order valence-corrected chi connectivity index (χ0v) is 17.1. The predicted octanol–water partition coefficient (Wildman–Crippen LogP) is 1.84. The van der Waals surface area contributed by atoms with E-state index in [2.05, 4.69) is 19.9 Å². The second-order valence-corrected chi connectivity index (χ2v) is 7.68. The van der Waals surface area contributed by atoms with Crippen LogP contribution < -0.4 is 10.5 Å². The molecule has 3 aromatic rings. The van der Waals surface area contributed by atoms with Gasteiger partial charge in [-0.25, -0.2) is 14.4 Å². The maximum Gasteiger partial charge on any atom is 0.239 e. The maximum atomic E-state index is 14.7. The van der Waals surface area contributed by atoms with Crippen LogP contribution in [0.15, 0.2) is 30.7 Å². The highest BCUT2D eigenvalue weighted by Crippen LogP contribution is 2.30. The number of carbonyl (C=O) groups is 1. The van der Waals surface area contributed by atoms with E-state index in [1.807, 2.05) is 14.0 Å². The van der Waals surface area contributed by atoms with Gasteiger partial charge < -0.3 is 25.3 Å². The summed E-state index contributed by atoms with van der Waals surface area (Å²) >= 11 is 0. The number of ether oxygens (including phenoxy) is 1. The number of nitrogens with two attached hydrogens (primary N) is 1. The Balaban J connectivity index is 1.45. The summed E-state index contributed by atoms with van der Waals surface area (Å²) in [6.45, 7) is 4.88. The number of nitrogens with zero attached hydrogens (tertiary/aromatic N) is 4. The van der Waals surface area contributed by atoms with Crippen molar-refractivity contribution in [1.29, 1.82) is 0 Å². The van der Waals surface area contributed by atoms with Crippen LogP contribution in [0.2, 0.25) is 0 Å². The molecule has 0 radical (unpaired) electrons. The van der Waals surface area contributed by atoms with Gasteiger partial charge in [-0.3, -0.25) is 4.79 Å². The highest BCUT2D eigenvalue weighted by atomic mass is 19.1. The second-order valence-electron chi connectivity index (χ2n) is 7.68. The third kappa shape index (κ3) is 4.12. The molecule has 0 spiro atoms. The summed E-state index contributed by atoms with van der Waals surface area (Å²) in [4.78, 5) is 27.8. The molecule has 4 rings (SSSR count). The molecule has 158 valence electrons. The number of hydrogen-bond acceptors (Lipinski definition) is 6. The number of likely N-dealkylation sites (N-methyl/N-ethyl adjacent to an activating group) is 1. The molecule has 1 aromatic carbocycles. The van der Waals surface area contributed by atoms with E-state index in [0.717, 1.165) is 18.7 Å². The molecule has 3 N–H and O–H groups in total. The highest BCUT2D eigenvalue weighted by Gasteiger charge is 2.24. The van der Waals surface area contributed by atoms with Crippen molar-refractivity contribution >= 4 is 16.9 Å².